The van der Waals surface area contributed by atoms with Crippen LogP contribution in [0.25, 0.3) is 0 Å². The van der Waals surface area contributed by atoms with Crippen LogP contribution in [0.3, 0.4) is 0 Å². The monoisotopic (exact) mass is 378 g/mol. The van der Waals surface area contributed by atoms with Crippen LogP contribution in [-0.2, 0) is 25.4 Å². The lowest BCUT2D eigenvalue weighted by Crippen LogP contribution is -2.10. The molecule has 0 radical (unpaired) electrons. The van der Waals surface area contributed by atoms with Gasteiger partial charge in [-0.2, -0.15) is 0 Å². The van der Waals surface area contributed by atoms with E-state index in [0.717, 1.165) is 12.8 Å². The summed E-state index contributed by atoms with van der Waals surface area (Å²) in [5.74, 6) is 0. The topological polar surface area (TPSA) is 27.7 Å². The molecule has 144 valence electrons. The number of hydrogen-bond acceptors (Lipinski definition) is 4. The van der Waals surface area contributed by atoms with E-state index in [1.54, 1.807) is 0 Å². The van der Waals surface area contributed by atoms with E-state index in [-0.39, 0.29) is 0 Å². The summed E-state index contributed by atoms with van der Waals surface area (Å²) in [6.07, 6.45) is 20.1. The molecule has 1 aliphatic heterocycles. The highest BCUT2D eigenvalue weighted by molar-refractivity contribution is 8.07. The van der Waals surface area contributed by atoms with Gasteiger partial charge in [0, 0.05) is 0 Å². The first-order valence-electron chi connectivity index (χ1n) is 10.3. The van der Waals surface area contributed by atoms with Gasteiger partial charge in [-0.15, -0.1) is 0 Å². The first-order chi connectivity index (χ1) is 11.8. The standard InChI is InChI=1S/C19H39O3PS/c1-2-3-4-5-6-7-8-9-10-11-12-13-14-15-17-20-23(24)21-18-16-19-22-23/h2-19H2,1H3. The van der Waals surface area contributed by atoms with Crippen molar-refractivity contribution < 1.29 is 13.6 Å². The molecule has 1 rings (SSSR count). The molecule has 0 aromatic carbocycles. The highest BCUT2D eigenvalue weighted by Crippen LogP contribution is 2.52. The maximum atomic E-state index is 5.66. The van der Waals surface area contributed by atoms with E-state index in [9.17, 15) is 0 Å². The van der Waals surface area contributed by atoms with Crippen LogP contribution in [0.1, 0.15) is 103 Å². The molecule has 5 heteroatoms. The van der Waals surface area contributed by atoms with Crippen molar-refractivity contribution in [3.05, 3.63) is 0 Å². The fourth-order valence-electron chi connectivity index (χ4n) is 3.00. The summed E-state index contributed by atoms with van der Waals surface area (Å²) >= 11 is 5.30. The third-order valence-corrected chi connectivity index (χ3v) is 6.98. The molecule has 0 bridgehead atoms. The van der Waals surface area contributed by atoms with Gasteiger partial charge in [0.25, 0.3) is 0 Å². The second kappa shape index (κ2) is 15.8. The van der Waals surface area contributed by atoms with Gasteiger partial charge in [0.05, 0.1) is 19.8 Å². The minimum atomic E-state index is -2.37. The van der Waals surface area contributed by atoms with Gasteiger partial charge in [-0.1, -0.05) is 90.4 Å². The van der Waals surface area contributed by atoms with E-state index in [4.69, 9.17) is 25.4 Å². The molecule has 0 aliphatic carbocycles. The Morgan fingerprint density at radius 2 is 1.12 bits per heavy atom. The van der Waals surface area contributed by atoms with Crippen molar-refractivity contribution in [3.8, 4) is 0 Å². The highest BCUT2D eigenvalue weighted by atomic mass is 32.5. The van der Waals surface area contributed by atoms with Crippen LogP contribution in [0.4, 0.5) is 0 Å². The summed E-state index contributed by atoms with van der Waals surface area (Å²) in [5.41, 5.74) is 0. The van der Waals surface area contributed by atoms with Crippen molar-refractivity contribution in [1.82, 2.24) is 0 Å². The van der Waals surface area contributed by atoms with Crippen molar-refractivity contribution >= 4 is 18.5 Å². The third kappa shape index (κ3) is 12.8. The largest absolute Gasteiger partial charge is 0.327 e. The molecule has 1 heterocycles. The van der Waals surface area contributed by atoms with Crippen LogP contribution >= 0.6 is 6.72 Å². The molecule has 3 nitrogen and oxygen atoms in total. The minimum Gasteiger partial charge on any atom is -0.309 e. The van der Waals surface area contributed by atoms with E-state index in [1.165, 1.54) is 83.5 Å². The molecule has 0 atom stereocenters. The number of hydrogen-bond donors (Lipinski definition) is 0. The van der Waals surface area contributed by atoms with Gasteiger partial charge in [0.1, 0.15) is 0 Å². The molecule has 24 heavy (non-hydrogen) atoms. The fraction of sp³-hybridized carbons (Fsp3) is 1.00. The molecule has 0 N–H and O–H groups in total. The van der Waals surface area contributed by atoms with E-state index < -0.39 is 6.72 Å². The SMILES string of the molecule is CCCCCCCCCCCCCCCCOP1(=S)OCCCO1. The van der Waals surface area contributed by atoms with Gasteiger partial charge in [-0.05, 0) is 24.6 Å². The quantitative estimate of drug-likeness (QED) is 0.211. The van der Waals surface area contributed by atoms with Crippen molar-refractivity contribution in [2.75, 3.05) is 19.8 Å². The average Bonchev–Trinajstić information content (AvgIpc) is 2.59. The van der Waals surface area contributed by atoms with Crippen LogP contribution in [-0.4, -0.2) is 19.8 Å². The Morgan fingerprint density at radius 3 is 1.58 bits per heavy atom. The molecule has 0 aromatic heterocycles. The second-order valence-electron chi connectivity index (χ2n) is 6.90. The molecule has 1 aliphatic rings. The molecular weight excluding hydrogens is 339 g/mol. The van der Waals surface area contributed by atoms with Gasteiger partial charge in [-0.25, -0.2) is 0 Å². The predicted molar refractivity (Wildman–Crippen MR) is 107 cm³/mol. The maximum absolute atomic E-state index is 5.66. The van der Waals surface area contributed by atoms with Crippen LogP contribution < -0.4 is 0 Å². The zero-order valence-corrected chi connectivity index (χ0v) is 17.5. The van der Waals surface area contributed by atoms with Crippen LogP contribution in [0, 0.1) is 0 Å². The first-order valence-corrected chi connectivity index (χ1v) is 12.9. The summed E-state index contributed by atoms with van der Waals surface area (Å²) in [6.45, 7) is 1.99. The summed E-state index contributed by atoms with van der Waals surface area (Å²) in [7, 11) is 0. The van der Waals surface area contributed by atoms with E-state index in [1.807, 2.05) is 0 Å². The van der Waals surface area contributed by atoms with Gasteiger partial charge in [0.15, 0.2) is 0 Å². The Bertz CT molecular complexity index is 316. The lowest BCUT2D eigenvalue weighted by Gasteiger charge is -2.25. The van der Waals surface area contributed by atoms with Gasteiger partial charge >= 0.3 is 6.72 Å². The third-order valence-electron chi connectivity index (χ3n) is 4.53. The molecular formula is C19H39O3PS. The normalized spacial score (nSPS) is 17.2. The number of rotatable bonds is 16. The molecule has 1 saturated heterocycles. The van der Waals surface area contributed by atoms with Gasteiger partial charge < -0.3 is 13.6 Å². The van der Waals surface area contributed by atoms with E-state index in [2.05, 4.69) is 6.92 Å². The highest BCUT2D eigenvalue weighted by Gasteiger charge is 2.23. The molecule has 0 aromatic rings. The van der Waals surface area contributed by atoms with Crippen LogP contribution in [0.15, 0.2) is 0 Å². The lowest BCUT2D eigenvalue weighted by molar-refractivity contribution is 0.111. The molecule has 0 amide bonds. The smallest absolute Gasteiger partial charge is 0.309 e. The lowest BCUT2D eigenvalue weighted by atomic mass is 10.0. The average molecular weight is 379 g/mol. The van der Waals surface area contributed by atoms with Crippen molar-refractivity contribution in [2.24, 2.45) is 0 Å². The van der Waals surface area contributed by atoms with Crippen molar-refractivity contribution in [1.29, 1.82) is 0 Å². The molecule has 0 saturated carbocycles. The summed E-state index contributed by atoms with van der Waals surface area (Å²) in [5, 5.41) is 0. The molecule has 0 unspecified atom stereocenters. The zero-order valence-electron chi connectivity index (χ0n) is 15.8. The Hall–Kier alpha value is 0.530. The Morgan fingerprint density at radius 1 is 0.708 bits per heavy atom. The van der Waals surface area contributed by atoms with Crippen molar-refractivity contribution in [3.63, 3.8) is 0 Å². The fourth-order valence-corrected chi connectivity index (χ4v) is 4.95. The Labute approximate surface area is 155 Å². The maximum Gasteiger partial charge on any atom is 0.327 e. The van der Waals surface area contributed by atoms with Crippen LogP contribution in [0.2, 0.25) is 0 Å². The second-order valence-corrected chi connectivity index (χ2v) is 9.91. The number of unbranched alkanes of at least 4 members (excludes halogenated alkanes) is 13. The van der Waals surface area contributed by atoms with Gasteiger partial charge in [-0.3, -0.25) is 0 Å². The van der Waals surface area contributed by atoms with E-state index >= 15 is 0 Å². The van der Waals surface area contributed by atoms with Gasteiger partial charge in [0.2, 0.25) is 0 Å². The first kappa shape index (κ1) is 22.6. The Balaban J connectivity index is 1.74. The summed E-state index contributed by atoms with van der Waals surface area (Å²) in [4.78, 5) is 0. The predicted octanol–water partition coefficient (Wildman–Crippen LogP) is 7.15. The molecule has 1 fully saturated rings. The summed E-state index contributed by atoms with van der Waals surface area (Å²) < 4.78 is 16.6. The summed E-state index contributed by atoms with van der Waals surface area (Å²) in [6, 6.07) is 0. The van der Waals surface area contributed by atoms with Crippen molar-refractivity contribution in [2.45, 2.75) is 103 Å². The minimum absolute atomic E-state index is 0.690. The molecule has 0 spiro atoms. The zero-order chi connectivity index (χ0) is 17.3. The Kier molecular flexibility index (Phi) is 14.8. The van der Waals surface area contributed by atoms with E-state index in [0.29, 0.717) is 19.8 Å². The van der Waals surface area contributed by atoms with Crippen LogP contribution in [0.5, 0.6) is 0 Å².